The summed E-state index contributed by atoms with van der Waals surface area (Å²) in [7, 11) is 2.09. The number of anilines is 1. The predicted octanol–water partition coefficient (Wildman–Crippen LogP) is 0.173. The fourth-order valence-electron chi connectivity index (χ4n) is 2.13. The van der Waals surface area contributed by atoms with Crippen molar-refractivity contribution in [2.24, 2.45) is 5.84 Å². The molecule has 0 saturated carbocycles. The van der Waals surface area contributed by atoms with Crippen LogP contribution < -0.4 is 16.7 Å². The van der Waals surface area contributed by atoms with Crippen LogP contribution in [0.15, 0.2) is 18.2 Å². The third kappa shape index (κ3) is 3.44. The van der Waals surface area contributed by atoms with E-state index in [1.807, 2.05) is 18.0 Å². The molecule has 0 bridgehead atoms. The van der Waals surface area contributed by atoms with Crippen molar-refractivity contribution in [2.75, 3.05) is 38.7 Å². The molecule has 1 aliphatic heterocycles. The molecule has 6 nitrogen and oxygen atoms in total. The number of nitrogens with two attached hydrogens (primary N) is 1. The second-order valence-corrected chi connectivity index (χ2v) is 4.91. The number of hydrogen-bond donors (Lipinski definition) is 3. The number of benzene rings is 1. The third-order valence-corrected chi connectivity index (χ3v) is 3.40. The first-order valence-corrected chi connectivity index (χ1v) is 6.42. The van der Waals surface area contributed by atoms with Crippen LogP contribution in [0.1, 0.15) is 15.9 Å². The standard InChI is InChI=1S/C13H21N5O/c1-10-9-11(15-14)3-4-12(10)13(19)16-18-7-5-17(2)6-8-18/h3-4,9,15H,5-8,14H2,1-2H3,(H,16,19). The van der Waals surface area contributed by atoms with E-state index in [-0.39, 0.29) is 5.91 Å². The Bertz CT molecular complexity index is 454. The van der Waals surface area contributed by atoms with E-state index in [2.05, 4.69) is 22.8 Å². The smallest absolute Gasteiger partial charge is 0.265 e. The fourth-order valence-corrected chi connectivity index (χ4v) is 2.13. The summed E-state index contributed by atoms with van der Waals surface area (Å²) in [4.78, 5) is 14.4. The van der Waals surface area contributed by atoms with Gasteiger partial charge >= 0.3 is 0 Å². The number of likely N-dealkylation sites (N-methyl/N-ethyl adjacent to an activating group) is 1. The molecule has 1 aromatic carbocycles. The number of amides is 1. The Morgan fingerprint density at radius 3 is 2.53 bits per heavy atom. The van der Waals surface area contributed by atoms with Gasteiger partial charge in [-0.3, -0.25) is 16.1 Å². The first-order valence-electron chi connectivity index (χ1n) is 6.42. The van der Waals surface area contributed by atoms with Gasteiger partial charge in [0.1, 0.15) is 0 Å². The topological polar surface area (TPSA) is 73.6 Å². The second-order valence-electron chi connectivity index (χ2n) is 4.91. The third-order valence-electron chi connectivity index (χ3n) is 3.40. The molecule has 19 heavy (non-hydrogen) atoms. The molecule has 0 unspecified atom stereocenters. The predicted molar refractivity (Wildman–Crippen MR) is 75.5 cm³/mol. The molecular formula is C13H21N5O. The molecular weight excluding hydrogens is 242 g/mol. The molecule has 0 atom stereocenters. The summed E-state index contributed by atoms with van der Waals surface area (Å²) >= 11 is 0. The molecule has 0 aromatic heterocycles. The van der Waals surface area contributed by atoms with E-state index >= 15 is 0 Å². The Morgan fingerprint density at radius 2 is 1.95 bits per heavy atom. The molecule has 1 aromatic rings. The number of nitrogens with zero attached hydrogens (tertiary/aromatic N) is 2. The molecule has 1 heterocycles. The average Bonchev–Trinajstić information content (AvgIpc) is 2.41. The minimum absolute atomic E-state index is 0.0642. The number of hydrazine groups is 2. The monoisotopic (exact) mass is 263 g/mol. The summed E-state index contributed by atoms with van der Waals surface area (Å²) in [5.41, 5.74) is 7.91. The van der Waals surface area contributed by atoms with Gasteiger partial charge in [-0.2, -0.15) is 0 Å². The quantitative estimate of drug-likeness (QED) is 0.535. The number of carbonyl (C=O) groups is 1. The summed E-state index contributed by atoms with van der Waals surface area (Å²) in [6.07, 6.45) is 0. The number of carbonyl (C=O) groups excluding carboxylic acids is 1. The number of aryl methyl sites for hydroxylation is 1. The lowest BCUT2D eigenvalue weighted by Gasteiger charge is -2.32. The molecule has 0 spiro atoms. The Labute approximate surface area is 113 Å². The molecule has 2 rings (SSSR count). The number of nitrogen functional groups attached to an aromatic ring is 1. The number of piperazine rings is 1. The zero-order valence-corrected chi connectivity index (χ0v) is 11.4. The highest BCUT2D eigenvalue weighted by atomic mass is 16.2. The van der Waals surface area contributed by atoms with Crippen LogP contribution in [0.2, 0.25) is 0 Å². The van der Waals surface area contributed by atoms with Gasteiger partial charge in [-0.05, 0) is 37.7 Å². The number of rotatable bonds is 3. The zero-order chi connectivity index (χ0) is 13.8. The van der Waals surface area contributed by atoms with E-state index in [9.17, 15) is 4.79 Å². The number of hydrogen-bond acceptors (Lipinski definition) is 5. The van der Waals surface area contributed by atoms with Gasteiger partial charge < -0.3 is 10.3 Å². The van der Waals surface area contributed by atoms with E-state index < -0.39 is 0 Å². The minimum Gasteiger partial charge on any atom is -0.324 e. The Kier molecular flexibility index (Phi) is 4.36. The van der Waals surface area contributed by atoms with Gasteiger partial charge in [0.05, 0.1) is 0 Å². The van der Waals surface area contributed by atoms with Crippen LogP contribution in [0, 0.1) is 6.92 Å². The first kappa shape index (κ1) is 13.8. The summed E-state index contributed by atoms with van der Waals surface area (Å²) in [6, 6.07) is 5.45. The molecule has 104 valence electrons. The van der Waals surface area contributed by atoms with Crippen LogP contribution >= 0.6 is 0 Å². The van der Waals surface area contributed by atoms with E-state index in [1.54, 1.807) is 12.1 Å². The highest BCUT2D eigenvalue weighted by Gasteiger charge is 2.17. The Balaban J connectivity index is 2.00. The molecule has 0 radical (unpaired) electrons. The zero-order valence-electron chi connectivity index (χ0n) is 11.4. The molecule has 1 fully saturated rings. The lowest BCUT2D eigenvalue weighted by molar-refractivity contribution is 0.0662. The van der Waals surface area contributed by atoms with Crippen molar-refractivity contribution in [2.45, 2.75) is 6.92 Å². The Morgan fingerprint density at radius 1 is 1.26 bits per heavy atom. The summed E-state index contributed by atoms with van der Waals surface area (Å²) < 4.78 is 0. The van der Waals surface area contributed by atoms with Gasteiger partial charge in [-0.1, -0.05) is 0 Å². The molecule has 0 aliphatic carbocycles. The molecule has 4 N–H and O–H groups in total. The molecule has 1 saturated heterocycles. The van der Waals surface area contributed by atoms with E-state index in [0.717, 1.165) is 37.4 Å². The summed E-state index contributed by atoms with van der Waals surface area (Å²) in [5, 5.41) is 1.97. The Hall–Kier alpha value is -1.63. The molecule has 1 aliphatic rings. The first-order chi connectivity index (χ1) is 9.10. The van der Waals surface area contributed by atoms with E-state index in [4.69, 9.17) is 5.84 Å². The highest BCUT2D eigenvalue weighted by Crippen LogP contribution is 2.14. The van der Waals surface area contributed by atoms with Crippen molar-refractivity contribution < 1.29 is 4.79 Å². The fraction of sp³-hybridized carbons (Fsp3) is 0.462. The van der Waals surface area contributed by atoms with Crippen molar-refractivity contribution in [3.63, 3.8) is 0 Å². The van der Waals surface area contributed by atoms with Crippen LogP contribution in [0.5, 0.6) is 0 Å². The van der Waals surface area contributed by atoms with Crippen molar-refractivity contribution >= 4 is 11.6 Å². The molecule has 1 amide bonds. The van der Waals surface area contributed by atoms with Crippen molar-refractivity contribution in [1.29, 1.82) is 0 Å². The normalized spacial score (nSPS) is 17.2. The highest BCUT2D eigenvalue weighted by molar-refractivity contribution is 5.95. The van der Waals surface area contributed by atoms with Gasteiger partial charge in [0.15, 0.2) is 0 Å². The number of nitrogens with one attached hydrogen (secondary N) is 2. The lowest BCUT2D eigenvalue weighted by Crippen LogP contribution is -2.52. The summed E-state index contributed by atoms with van der Waals surface area (Å²) in [5.74, 6) is 5.28. The van der Waals surface area contributed by atoms with Crippen molar-refractivity contribution in [3.8, 4) is 0 Å². The van der Waals surface area contributed by atoms with Crippen molar-refractivity contribution in [1.82, 2.24) is 15.3 Å². The van der Waals surface area contributed by atoms with Gasteiger partial charge in [0.25, 0.3) is 5.91 Å². The van der Waals surface area contributed by atoms with E-state index in [1.165, 1.54) is 0 Å². The van der Waals surface area contributed by atoms with Crippen LogP contribution in [0.3, 0.4) is 0 Å². The van der Waals surface area contributed by atoms with Crippen LogP contribution in [0.25, 0.3) is 0 Å². The minimum atomic E-state index is -0.0642. The van der Waals surface area contributed by atoms with Gasteiger partial charge in [0, 0.05) is 37.4 Å². The maximum absolute atomic E-state index is 12.2. The van der Waals surface area contributed by atoms with Crippen LogP contribution in [-0.4, -0.2) is 49.0 Å². The SMILES string of the molecule is Cc1cc(NN)ccc1C(=O)NN1CCN(C)CC1. The average molecular weight is 263 g/mol. The lowest BCUT2D eigenvalue weighted by atomic mass is 10.1. The van der Waals surface area contributed by atoms with Crippen LogP contribution in [0.4, 0.5) is 5.69 Å². The van der Waals surface area contributed by atoms with Gasteiger partial charge in [-0.15, -0.1) is 0 Å². The van der Waals surface area contributed by atoms with Crippen LogP contribution in [-0.2, 0) is 0 Å². The maximum Gasteiger partial charge on any atom is 0.265 e. The van der Waals surface area contributed by atoms with Crippen molar-refractivity contribution in [3.05, 3.63) is 29.3 Å². The summed E-state index contributed by atoms with van der Waals surface area (Å²) in [6.45, 7) is 5.54. The van der Waals surface area contributed by atoms with Gasteiger partial charge in [0.2, 0.25) is 0 Å². The molecule has 6 heteroatoms. The largest absolute Gasteiger partial charge is 0.324 e. The maximum atomic E-state index is 12.2. The second kappa shape index (κ2) is 6.01. The van der Waals surface area contributed by atoms with Gasteiger partial charge in [-0.25, -0.2) is 5.01 Å². The van der Waals surface area contributed by atoms with E-state index in [0.29, 0.717) is 5.56 Å².